The molecule has 16 heavy (non-hydrogen) atoms. The summed E-state index contributed by atoms with van der Waals surface area (Å²) in [6.45, 7) is 3.42. The van der Waals surface area contributed by atoms with Crippen molar-refractivity contribution in [2.75, 3.05) is 13.2 Å². The number of esters is 1. The number of hydrogen-bond donors (Lipinski definition) is 1. The molecule has 0 spiro atoms. The predicted octanol–water partition coefficient (Wildman–Crippen LogP) is 1.11. The number of hydrogen-bond acceptors (Lipinski definition) is 4. The summed E-state index contributed by atoms with van der Waals surface area (Å²) in [4.78, 5) is 11.0. The van der Waals surface area contributed by atoms with Crippen LogP contribution in [0.5, 0.6) is 0 Å². The van der Waals surface area contributed by atoms with Gasteiger partial charge in [0.1, 0.15) is 5.60 Å². The van der Waals surface area contributed by atoms with Crippen LogP contribution in [0.2, 0.25) is 0 Å². The van der Waals surface area contributed by atoms with Crippen molar-refractivity contribution in [1.82, 2.24) is 0 Å². The van der Waals surface area contributed by atoms with Gasteiger partial charge >= 0.3 is 11.9 Å². The Balaban J connectivity index is 2.60. The van der Waals surface area contributed by atoms with E-state index in [9.17, 15) is 18.7 Å². The fourth-order valence-corrected chi connectivity index (χ4v) is 1.72. The topological polar surface area (TPSA) is 55.8 Å². The average molecular weight is 238 g/mol. The molecule has 6 heteroatoms. The second-order valence-corrected chi connectivity index (χ2v) is 3.81. The van der Waals surface area contributed by atoms with E-state index >= 15 is 0 Å². The summed E-state index contributed by atoms with van der Waals surface area (Å²) in [5.41, 5.74) is -2.32. The largest absolute Gasteiger partial charge is 0.461 e. The molecule has 1 N–H and O–H groups in total. The molecule has 0 unspecified atom stereocenters. The van der Waals surface area contributed by atoms with Gasteiger partial charge in [0, 0.05) is 19.4 Å². The van der Waals surface area contributed by atoms with Crippen LogP contribution in [-0.4, -0.2) is 41.9 Å². The average Bonchev–Trinajstić information content (AvgIpc) is 2.15. The lowest BCUT2D eigenvalue weighted by atomic mass is 9.73. The van der Waals surface area contributed by atoms with Crippen LogP contribution >= 0.6 is 0 Å². The van der Waals surface area contributed by atoms with Gasteiger partial charge in [0.25, 0.3) is 0 Å². The van der Waals surface area contributed by atoms with Crippen LogP contribution in [-0.2, 0) is 14.3 Å². The molecule has 0 bridgehead atoms. The molecule has 0 heterocycles. The molecule has 0 amide bonds. The smallest absolute Gasteiger partial charge is 0.380 e. The molecule has 0 aromatic rings. The highest BCUT2D eigenvalue weighted by atomic mass is 19.3. The Labute approximate surface area is 92.5 Å². The molecule has 0 atom stereocenters. The van der Waals surface area contributed by atoms with E-state index in [0.717, 1.165) is 0 Å². The van der Waals surface area contributed by atoms with Gasteiger partial charge in [-0.05, 0) is 13.8 Å². The summed E-state index contributed by atoms with van der Waals surface area (Å²) in [6, 6.07) is 0. The highest BCUT2D eigenvalue weighted by Gasteiger charge is 2.65. The number of alkyl halides is 2. The van der Waals surface area contributed by atoms with Gasteiger partial charge in [-0.2, -0.15) is 8.78 Å². The summed E-state index contributed by atoms with van der Waals surface area (Å²) < 4.78 is 36.2. The Kier molecular flexibility index (Phi) is 3.85. The van der Waals surface area contributed by atoms with Gasteiger partial charge in [-0.15, -0.1) is 0 Å². The molecule has 1 saturated carbocycles. The van der Waals surface area contributed by atoms with Crippen LogP contribution in [0.25, 0.3) is 0 Å². The fraction of sp³-hybridized carbons (Fsp3) is 0.900. The zero-order valence-electron chi connectivity index (χ0n) is 9.33. The van der Waals surface area contributed by atoms with Crippen molar-refractivity contribution in [2.24, 2.45) is 0 Å². The molecule has 0 radical (unpaired) electrons. The van der Waals surface area contributed by atoms with Crippen LogP contribution in [0.4, 0.5) is 8.78 Å². The van der Waals surface area contributed by atoms with Gasteiger partial charge in [-0.1, -0.05) is 0 Å². The Morgan fingerprint density at radius 3 is 2.44 bits per heavy atom. The van der Waals surface area contributed by atoms with Crippen molar-refractivity contribution in [2.45, 2.75) is 44.3 Å². The van der Waals surface area contributed by atoms with Crippen LogP contribution in [0.15, 0.2) is 0 Å². The lowest BCUT2D eigenvalue weighted by molar-refractivity contribution is -0.258. The minimum absolute atomic E-state index is 0.139. The highest BCUT2D eigenvalue weighted by Crippen LogP contribution is 2.46. The van der Waals surface area contributed by atoms with Crippen molar-refractivity contribution in [3.8, 4) is 0 Å². The molecule has 0 aromatic heterocycles. The first-order chi connectivity index (χ1) is 7.37. The maximum Gasteiger partial charge on any atom is 0.380 e. The highest BCUT2D eigenvalue weighted by molar-refractivity contribution is 5.79. The van der Waals surface area contributed by atoms with E-state index in [0.29, 0.717) is 6.61 Å². The Bertz CT molecular complexity index is 262. The van der Waals surface area contributed by atoms with Gasteiger partial charge in [0.2, 0.25) is 0 Å². The molecule has 4 nitrogen and oxygen atoms in total. The zero-order chi connectivity index (χ0) is 12.4. The second kappa shape index (κ2) is 4.63. The van der Waals surface area contributed by atoms with Crippen LogP contribution in [0.3, 0.4) is 0 Å². The van der Waals surface area contributed by atoms with Crippen molar-refractivity contribution < 1.29 is 28.2 Å². The minimum Gasteiger partial charge on any atom is -0.461 e. The number of ether oxygens (including phenoxy) is 2. The van der Waals surface area contributed by atoms with Crippen molar-refractivity contribution >= 4 is 5.97 Å². The quantitative estimate of drug-likeness (QED) is 0.729. The standard InChI is InChI=1S/C10H16F2O4/c1-3-15-7-5-9(14,6-7)10(11,12)8(13)16-4-2/h7,14H,3-6H2,1-2H3. The molecule has 1 aliphatic carbocycles. The van der Waals surface area contributed by atoms with Crippen molar-refractivity contribution in [3.63, 3.8) is 0 Å². The zero-order valence-corrected chi connectivity index (χ0v) is 9.33. The first kappa shape index (κ1) is 13.3. The molecule has 0 aliphatic heterocycles. The van der Waals surface area contributed by atoms with E-state index in [-0.39, 0.29) is 19.4 Å². The Morgan fingerprint density at radius 1 is 1.44 bits per heavy atom. The third kappa shape index (κ3) is 2.17. The fourth-order valence-electron chi connectivity index (χ4n) is 1.72. The van der Waals surface area contributed by atoms with Crippen molar-refractivity contribution in [3.05, 3.63) is 0 Å². The van der Waals surface area contributed by atoms with Crippen LogP contribution < -0.4 is 0 Å². The molecule has 1 aliphatic rings. The van der Waals surface area contributed by atoms with Gasteiger partial charge in [0.05, 0.1) is 12.7 Å². The van der Waals surface area contributed by atoms with E-state index in [1.165, 1.54) is 6.92 Å². The Morgan fingerprint density at radius 2 is 2.00 bits per heavy atom. The van der Waals surface area contributed by atoms with E-state index < -0.39 is 23.6 Å². The molecular formula is C10H16F2O4. The van der Waals surface area contributed by atoms with Gasteiger partial charge < -0.3 is 14.6 Å². The maximum atomic E-state index is 13.5. The first-order valence-electron chi connectivity index (χ1n) is 5.26. The van der Waals surface area contributed by atoms with Gasteiger partial charge in [0.15, 0.2) is 0 Å². The number of aliphatic hydroxyl groups is 1. The summed E-state index contributed by atoms with van der Waals surface area (Å²) in [5, 5.41) is 9.60. The van der Waals surface area contributed by atoms with E-state index in [1.54, 1.807) is 6.92 Å². The number of carbonyl (C=O) groups is 1. The van der Waals surface area contributed by atoms with Crippen molar-refractivity contribution in [1.29, 1.82) is 0 Å². The van der Waals surface area contributed by atoms with Crippen LogP contribution in [0, 0.1) is 0 Å². The number of halogens is 2. The van der Waals surface area contributed by atoms with E-state index in [4.69, 9.17) is 4.74 Å². The summed E-state index contributed by atoms with van der Waals surface area (Å²) in [7, 11) is 0. The predicted molar refractivity (Wildman–Crippen MR) is 51.2 cm³/mol. The first-order valence-corrected chi connectivity index (χ1v) is 5.26. The number of carbonyl (C=O) groups excluding carboxylic acids is 1. The monoisotopic (exact) mass is 238 g/mol. The summed E-state index contributed by atoms with van der Waals surface area (Å²) in [6.07, 6.45) is -0.894. The van der Waals surface area contributed by atoms with Crippen LogP contribution in [0.1, 0.15) is 26.7 Å². The Hall–Kier alpha value is -0.750. The lowest BCUT2D eigenvalue weighted by Gasteiger charge is -2.45. The molecule has 0 saturated heterocycles. The van der Waals surface area contributed by atoms with Gasteiger partial charge in [-0.3, -0.25) is 0 Å². The molecule has 1 fully saturated rings. The van der Waals surface area contributed by atoms with E-state index in [1.807, 2.05) is 0 Å². The molecular weight excluding hydrogens is 222 g/mol. The second-order valence-electron chi connectivity index (χ2n) is 3.81. The third-order valence-electron chi connectivity index (χ3n) is 2.65. The molecule has 1 rings (SSSR count). The molecule has 0 aromatic carbocycles. The summed E-state index contributed by atoms with van der Waals surface area (Å²) in [5.74, 6) is -5.54. The molecule has 94 valence electrons. The lowest BCUT2D eigenvalue weighted by Crippen LogP contribution is -2.63. The third-order valence-corrected chi connectivity index (χ3v) is 2.65. The van der Waals surface area contributed by atoms with E-state index in [2.05, 4.69) is 4.74 Å². The maximum absolute atomic E-state index is 13.5. The SMILES string of the molecule is CCOC(=O)C(F)(F)C1(O)CC(OCC)C1. The minimum atomic E-state index is -3.86. The normalized spacial score (nSPS) is 29.7. The van der Waals surface area contributed by atoms with Gasteiger partial charge in [-0.25, -0.2) is 4.79 Å². The summed E-state index contributed by atoms with van der Waals surface area (Å²) >= 11 is 0. The number of rotatable bonds is 5.